The Morgan fingerprint density at radius 3 is 2.38 bits per heavy atom. The summed E-state index contributed by atoms with van der Waals surface area (Å²) in [7, 11) is 0. The van der Waals surface area contributed by atoms with Gasteiger partial charge in [-0.3, -0.25) is 0 Å². The Labute approximate surface area is 122 Å². The van der Waals surface area contributed by atoms with Gasteiger partial charge >= 0.3 is 0 Å². The number of rotatable bonds is 5. The fraction of sp³-hybridized carbons (Fsp3) is 0.294. The van der Waals surface area contributed by atoms with Crippen molar-refractivity contribution in [3.05, 3.63) is 71.3 Å². The van der Waals surface area contributed by atoms with Crippen LogP contribution in [0, 0.1) is 11.6 Å². The van der Waals surface area contributed by atoms with E-state index in [9.17, 15) is 13.9 Å². The lowest BCUT2D eigenvalue weighted by Gasteiger charge is -2.14. The molecule has 0 heterocycles. The number of aliphatic hydroxyl groups is 1. The van der Waals surface area contributed by atoms with Gasteiger partial charge in [0.1, 0.15) is 11.6 Å². The van der Waals surface area contributed by atoms with E-state index < -0.39 is 17.7 Å². The standard InChI is InChI=1S/C17H17F2NO/c18-13-7-4-8-14(19)17(13)16(21)10-20-15-9-12(15)11-5-2-1-3-6-11/h1-8,12,15-16,20-21H,9-10H2. The van der Waals surface area contributed by atoms with Gasteiger partial charge in [0.05, 0.1) is 11.7 Å². The van der Waals surface area contributed by atoms with Crippen molar-refractivity contribution in [1.29, 1.82) is 0 Å². The summed E-state index contributed by atoms with van der Waals surface area (Å²) in [5.74, 6) is -0.997. The number of halogens is 2. The van der Waals surface area contributed by atoms with Gasteiger partial charge in [0.15, 0.2) is 0 Å². The van der Waals surface area contributed by atoms with Crippen LogP contribution in [-0.2, 0) is 0 Å². The third kappa shape index (κ3) is 3.12. The molecule has 0 bridgehead atoms. The zero-order chi connectivity index (χ0) is 14.8. The maximum atomic E-state index is 13.6. The topological polar surface area (TPSA) is 32.3 Å². The molecule has 3 atom stereocenters. The zero-order valence-corrected chi connectivity index (χ0v) is 11.5. The molecule has 0 aliphatic heterocycles. The van der Waals surface area contributed by atoms with Crippen LogP contribution in [0.3, 0.4) is 0 Å². The Hall–Kier alpha value is -1.78. The van der Waals surface area contributed by atoms with Crippen LogP contribution in [0.15, 0.2) is 48.5 Å². The Bertz CT molecular complexity index is 597. The summed E-state index contributed by atoms with van der Waals surface area (Å²) in [4.78, 5) is 0. The number of nitrogens with one attached hydrogen (secondary N) is 1. The van der Waals surface area contributed by atoms with Crippen molar-refractivity contribution in [3.8, 4) is 0 Å². The molecule has 2 aromatic rings. The van der Waals surface area contributed by atoms with Gasteiger partial charge in [0.2, 0.25) is 0 Å². The molecule has 0 saturated heterocycles. The highest BCUT2D eigenvalue weighted by Gasteiger charge is 2.38. The fourth-order valence-electron chi connectivity index (χ4n) is 2.68. The van der Waals surface area contributed by atoms with Crippen LogP contribution in [0.25, 0.3) is 0 Å². The van der Waals surface area contributed by atoms with Crippen LogP contribution in [-0.4, -0.2) is 17.7 Å². The Kier molecular flexibility index (Phi) is 3.99. The Morgan fingerprint density at radius 1 is 1.05 bits per heavy atom. The highest BCUT2D eigenvalue weighted by molar-refractivity contribution is 5.28. The lowest BCUT2D eigenvalue weighted by Crippen LogP contribution is -2.25. The molecule has 3 rings (SSSR count). The number of aliphatic hydroxyl groups excluding tert-OH is 1. The van der Waals surface area contributed by atoms with E-state index in [1.165, 1.54) is 11.6 Å². The minimum Gasteiger partial charge on any atom is -0.387 e. The normalized spacial score (nSPS) is 22.0. The first kappa shape index (κ1) is 14.2. The second-order valence-electron chi connectivity index (χ2n) is 5.42. The molecule has 0 aromatic heterocycles. The summed E-state index contributed by atoms with van der Waals surface area (Å²) in [5.41, 5.74) is 0.989. The fourth-order valence-corrected chi connectivity index (χ4v) is 2.68. The number of benzene rings is 2. The largest absolute Gasteiger partial charge is 0.387 e. The molecule has 1 aliphatic rings. The third-order valence-corrected chi connectivity index (χ3v) is 3.92. The van der Waals surface area contributed by atoms with E-state index in [1.54, 1.807) is 0 Å². The van der Waals surface area contributed by atoms with Gasteiger partial charge in [-0.15, -0.1) is 0 Å². The van der Waals surface area contributed by atoms with Crippen molar-refractivity contribution in [3.63, 3.8) is 0 Å². The van der Waals surface area contributed by atoms with Crippen LogP contribution >= 0.6 is 0 Å². The third-order valence-electron chi connectivity index (χ3n) is 3.92. The van der Waals surface area contributed by atoms with E-state index in [0.29, 0.717) is 5.92 Å². The van der Waals surface area contributed by atoms with Gasteiger partial charge in [0, 0.05) is 18.5 Å². The molecule has 2 nitrogen and oxygen atoms in total. The first-order chi connectivity index (χ1) is 10.2. The molecule has 1 aliphatic carbocycles. The highest BCUT2D eigenvalue weighted by atomic mass is 19.1. The lowest BCUT2D eigenvalue weighted by molar-refractivity contribution is 0.164. The van der Waals surface area contributed by atoms with E-state index in [4.69, 9.17) is 0 Å². The lowest BCUT2D eigenvalue weighted by atomic mass is 10.1. The smallest absolute Gasteiger partial charge is 0.131 e. The van der Waals surface area contributed by atoms with E-state index in [-0.39, 0.29) is 18.2 Å². The highest BCUT2D eigenvalue weighted by Crippen LogP contribution is 2.40. The molecule has 110 valence electrons. The maximum absolute atomic E-state index is 13.6. The number of hydrogen-bond donors (Lipinski definition) is 2. The van der Waals surface area contributed by atoms with Crippen LogP contribution in [0.2, 0.25) is 0 Å². The van der Waals surface area contributed by atoms with Crippen molar-refractivity contribution in [1.82, 2.24) is 5.32 Å². The Balaban J connectivity index is 1.57. The first-order valence-electron chi connectivity index (χ1n) is 7.07. The van der Waals surface area contributed by atoms with Crippen molar-refractivity contribution in [2.45, 2.75) is 24.5 Å². The summed E-state index contributed by atoms with van der Waals surface area (Å²) in [5, 5.41) is 13.1. The average Bonchev–Trinajstić information content (AvgIpc) is 3.25. The van der Waals surface area contributed by atoms with Gasteiger partial charge < -0.3 is 10.4 Å². The molecule has 2 aromatic carbocycles. The van der Waals surface area contributed by atoms with Crippen LogP contribution in [0.1, 0.15) is 29.6 Å². The summed E-state index contributed by atoms with van der Waals surface area (Å²) < 4.78 is 27.1. The zero-order valence-electron chi connectivity index (χ0n) is 11.5. The summed E-state index contributed by atoms with van der Waals surface area (Å²) >= 11 is 0. The molecule has 1 fully saturated rings. The van der Waals surface area contributed by atoms with Crippen molar-refractivity contribution >= 4 is 0 Å². The second kappa shape index (κ2) is 5.92. The molecule has 1 saturated carbocycles. The van der Waals surface area contributed by atoms with Crippen LogP contribution < -0.4 is 5.32 Å². The van der Waals surface area contributed by atoms with Gasteiger partial charge in [-0.1, -0.05) is 36.4 Å². The van der Waals surface area contributed by atoms with E-state index in [1.807, 2.05) is 18.2 Å². The second-order valence-corrected chi connectivity index (χ2v) is 5.42. The van der Waals surface area contributed by atoms with E-state index >= 15 is 0 Å². The summed E-state index contributed by atoms with van der Waals surface area (Å²) in [6, 6.07) is 14.0. The summed E-state index contributed by atoms with van der Waals surface area (Å²) in [6.45, 7) is 0.145. The SMILES string of the molecule is OC(CNC1CC1c1ccccc1)c1c(F)cccc1F. The van der Waals surface area contributed by atoms with Gasteiger partial charge in [-0.05, 0) is 24.1 Å². The predicted octanol–water partition coefficient (Wildman–Crippen LogP) is 3.14. The summed E-state index contributed by atoms with van der Waals surface area (Å²) in [6.07, 6.45) is -0.195. The maximum Gasteiger partial charge on any atom is 0.131 e. The monoisotopic (exact) mass is 289 g/mol. The molecule has 0 spiro atoms. The molecule has 2 N–H and O–H groups in total. The molecule has 4 heteroatoms. The van der Waals surface area contributed by atoms with Gasteiger partial charge in [-0.2, -0.15) is 0 Å². The van der Waals surface area contributed by atoms with Crippen molar-refractivity contribution in [2.24, 2.45) is 0 Å². The van der Waals surface area contributed by atoms with Gasteiger partial charge in [-0.25, -0.2) is 8.78 Å². The molecule has 0 radical (unpaired) electrons. The molecule has 0 amide bonds. The van der Waals surface area contributed by atoms with E-state index in [2.05, 4.69) is 17.4 Å². The van der Waals surface area contributed by atoms with Crippen molar-refractivity contribution < 1.29 is 13.9 Å². The van der Waals surface area contributed by atoms with Crippen LogP contribution in [0.5, 0.6) is 0 Å². The number of hydrogen-bond acceptors (Lipinski definition) is 2. The predicted molar refractivity (Wildman–Crippen MR) is 76.9 cm³/mol. The average molecular weight is 289 g/mol. The molecular weight excluding hydrogens is 272 g/mol. The van der Waals surface area contributed by atoms with Crippen LogP contribution in [0.4, 0.5) is 8.78 Å². The van der Waals surface area contributed by atoms with Crippen molar-refractivity contribution in [2.75, 3.05) is 6.54 Å². The molecule has 21 heavy (non-hydrogen) atoms. The Morgan fingerprint density at radius 2 is 1.71 bits per heavy atom. The molecule has 3 unspecified atom stereocenters. The van der Waals surface area contributed by atoms with E-state index in [0.717, 1.165) is 18.6 Å². The minimum atomic E-state index is -1.18. The minimum absolute atomic E-state index is 0.145. The van der Waals surface area contributed by atoms with Gasteiger partial charge in [0.25, 0.3) is 0 Å². The first-order valence-corrected chi connectivity index (χ1v) is 7.07. The quantitative estimate of drug-likeness (QED) is 0.886. The molecular formula is C17H17F2NO.